The molecule has 0 bridgehead atoms. The van der Waals surface area contributed by atoms with E-state index in [0.717, 1.165) is 49.0 Å². The summed E-state index contributed by atoms with van der Waals surface area (Å²) in [5.41, 5.74) is 2.83. The number of aldehydes is 1. The molecular weight excluding hydrogens is 176 g/mol. The zero-order valence-corrected chi connectivity index (χ0v) is 9.21. The van der Waals surface area contributed by atoms with Crippen molar-refractivity contribution in [3.8, 4) is 0 Å². The third-order valence-corrected chi connectivity index (χ3v) is 2.40. The standard InChI is InChI=1S/C11H18N2O/c1-4-7-13-11(6-3)9(8-14)10(5-2)12-13/h8H,4-7H2,1-3H3. The van der Waals surface area contributed by atoms with Gasteiger partial charge in [-0.15, -0.1) is 0 Å². The van der Waals surface area contributed by atoms with Gasteiger partial charge in [-0.25, -0.2) is 0 Å². The van der Waals surface area contributed by atoms with E-state index in [4.69, 9.17) is 0 Å². The van der Waals surface area contributed by atoms with Crippen LogP contribution in [0.15, 0.2) is 0 Å². The average molecular weight is 194 g/mol. The molecule has 0 fully saturated rings. The molecule has 78 valence electrons. The van der Waals surface area contributed by atoms with Crippen LogP contribution in [-0.2, 0) is 19.4 Å². The number of hydrogen-bond acceptors (Lipinski definition) is 2. The largest absolute Gasteiger partial charge is 0.298 e. The summed E-state index contributed by atoms with van der Waals surface area (Å²) in [5.74, 6) is 0. The van der Waals surface area contributed by atoms with Crippen LogP contribution < -0.4 is 0 Å². The van der Waals surface area contributed by atoms with Gasteiger partial charge in [0.2, 0.25) is 0 Å². The van der Waals surface area contributed by atoms with Gasteiger partial charge in [0, 0.05) is 12.2 Å². The maximum Gasteiger partial charge on any atom is 0.153 e. The van der Waals surface area contributed by atoms with E-state index in [0.29, 0.717) is 0 Å². The van der Waals surface area contributed by atoms with Gasteiger partial charge in [-0.05, 0) is 19.3 Å². The van der Waals surface area contributed by atoms with Crippen molar-refractivity contribution >= 4 is 6.29 Å². The van der Waals surface area contributed by atoms with Gasteiger partial charge in [0.15, 0.2) is 6.29 Å². The van der Waals surface area contributed by atoms with E-state index < -0.39 is 0 Å². The minimum atomic E-state index is 0.809. The minimum Gasteiger partial charge on any atom is -0.298 e. The summed E-state index contributed by atoms with van der Waals surface area (Å²) in [6.45, 7) is 7.12. The third kappa shape index (κ3) is 1.86. The second kappa shape index (κ2) is 4.94. The smallest absolute Gasteiger partial charge is 0.153 e. The molecule has 0 aliphatic heterocycles. The molecule has 14 heavy (non-hydrogen) atoms. The summed E-state index contributed by atoms with van der Waals surface area (Å²) in [5, 5.41) is 4.45. The van der Waals surface area contributed by atoms with Gasteiger partial charge in [0.25, 0.3) is 0 Å². The van der Waals surface area contributed by atoms with E-state index >= 15 is 0 Å². The molecule has 0 radical (unpaired) electrons. The average Bonchev–Trinajstić information content (AvgIpc) is 2.55. The van der Waals surface area contributed by atoms with Crippen LogP contribution in [0.25, 0.3) is 0 Å². The fourth-order valence-electron chi connectivity index (χ4n) is 1.73. The molecule has 1 heterocycles. The highest BCUT2D eigenvalue weighted by Gasteiger charge is 2.13. The lowest BCUT2D eigenvalue weighted by molar-refractivity contribution is 0.112. The number of carbonyl (C=O) groups is 1. The zero-order valence-electron chi connectivity index (χ0n) is 9.21. The summed E-state index contributed by atoms with van der Waals surface area (Å²) in [6.07, 6.45) is 3.70. The van der Waals surface area contributed by atoms with Crippen molar-refractivity contribution in [2.75, 3.05) is 0 Å². The Morgan fingerprint density at radius 3 is 2.43 bits per heavy atom. The molecule has 3 nitrogen and oxygen atoms in total. The van der Waals surface area contributed by atoms with Crippen LogP contribution in [0.5, 0.6) is 0 Å². The summed E-state index contributed by atoms with van der Waals surface area (Å²) in [4.78, 5) is 10.9. The number of carbonyl (C=O) groups excluding carboxylic acids is 1. The van der Waals surface area contributed by atoms with Gasteiger partial charge in [-0.1, -0.05) is 20.8 Å². The molecular formula is C11H18N2O. The molecule has 1 aromatic rings. The monoisotopic (exact) mass is 194 g/mol. The summed E-state index contributed by atoms with van der Waals surface area (Å²) < 4.78 is 1.97. The molecule has 0 amide bonds. The molecule has 0 aliphatic rings. The highest BCUT2D eigenvalue weighted by molar-refractivity contribution is 5.78. The molecule has 0 saturated heterocycles. The molecule has 0 atom stereocenters. The molecule has 1 aromatic heterocycles. The Morgan fingerprint density at radius 2 is 2.00 bits per heavy atom. The third-order valence-electron chi connectivity index (χ3n) is 2.40. The molecule has 0 saturated carbocycles. The number of aryl methyl sites for hydroxylation is 2. The van der Waals surface area contributed by atoms with Crippen LogP contribution in [0, 0.1) is 0 Å². The first kappa shape index (κ1) is 11.0. The van der Waals surface area contributed by atoms with E-state index in [2.05, 4.69) is 18.9 Å². The van der Waals surface area contributed by atoms with Crippen molar-refractivity contribution in [2.24, 2.45) is 0 Å². The molecule has 0 aliphatic carbocycles. The molecule has 0 unspecified atom stereocenters. The quantitative estimate of drug-likeness (QED) is 0.674. The Kier molecular flexibility index (Phi) is 3.86. The lowest BCUT2D eigenvalue weighted by Gasteiger charge is -2.03. The van der Waals surface area contributed by atoms with E-state index in [9.17, 15) is 4.79 Å². The van der Waals surface area contributed by atoms with Crippen LogP contribution in [0.1, 0.15) is 48.9 Å². The van der Waals surface area contributed by atoms with Gasteiger partial charge < -0.3 is 0 Å². The van der Waals surface area contributed by atoms with Crippen LogP contribution in [0.4, 0.5) is 0 Å². The second-order valence-corrected chi connectivity index (χ2v) is 3.36. The maximum absolute atomic E-state index is 10.9. The van der Waals surface area contributed by atoms with Crippen LogP contribution >= 0.6 is 0 Å². The first-order valence-corrected chi connectivity index (χ1v) is 5.32. The SMILES string of the molecule is CCCn1nc(CC)c(C=O)c1CC. The van der Waals surface area contributed by atoms with Crippen molar-refractivity contribution < 1.29 is 4.79 Å². The van der Waals surface area contributed by atoms with Crippen molar-refractivity contribution in [2.45, 2.75) is 46.6 Å². The van der Waals surface area contributed by atoms with Crippen LogP contribution in [0.3, 0.4) is 0 Å². The van der Waals surface area contributed by atoms with E-state index in [-0.39, 0.29) is 0 Å². The molecule has 0 N–H and O–H groups in total. The minimum absolute atomic E-state index is 0.809. The van der Waals surface area contributed by atoms with Gasteiger partial charge >= 0.3 is 0 Å². The Balaban J connectivity index is 3.16. The summed E-state index contributed by atoms with van der Waals surface area (Å²) >= 11 is 0. The first-order valence-electron chi connectivity index (χ1n) is 5.32. The van der Waals surface area contributed by atoms with Gasteiger partial charge in [0.05, 0.1) is 11.3 Å². The Morgan fingerprint density at radius 1 is 1.29 bits per heavy atom. The maximum atomic E-state index is 10.9. The molecule has 0 aromatic carbocycles. The number of nitrogens with zero attached hydrogens (tertiary/aromatic N) is 2. The van der Waals surface area contributed by atoms with Gasteiger partial charge in [-0.2, -0.15) is 5.10 Å². The fourth-order valence-corrected chi connectivity index (χ4v) is 1.73. The molecule has 3 heteroatoms. The summed E-state index contributed by atoms with van der Waals surface area (Å²) in [7, 11) is 0. The topological polar surface area (TPSA) is 34.9 Å². The van der Waals surface area contributed by atoms with Gasteiger partial charge in [0.1, 0.15) is 0 Å². The van der Waals surface area contributed by atoms with Crippen LogP contribution in [-0.4, -0.2) is 16.1 Å². The van der Waals surface area contributed by atoms with Gasteiger partial charge in [-0.3, -0.25) is 9.48 Å². The van der Waals surface area contributed by atoms with E-state index in [1.54, 1.807) is 0 Å². The highest BCUT2D eigenvalue weighted by Crippen LogP contribution is 2.14. The Labute approximate surface area is 85.1 Å². The van der Waals surface area contributed by atoms with E-state index in [1.165, 1.54) is 0 Å². The molecule has 0 spiro atoms. The number of aromatic nitrogens is 2. The van der Waals surface area contributed by atoms with Crippen LogP contribution in [0.2, 0.25) is 0 Å². The van der Waals surface area contributed by atoms with Crippen molar-refractivity contribution in [1.82, 2.24) is 9.78 Å². The molecule has 1 rings (SSSR count). The highest BCUT2D eigenvalue weighted by atomic mass is 16.1. The Hall–Kier alpha value is -1.12. The first-order chi connectivity index (χ1) is 6.78. The van der Waals surface area contributed by atoms with Crippen molar-refractivity contribution in [3.63, 3.8) is 0 Å². The predicted octanol–water partition coefficient (Wildman–Crippen LogP) is 2.23. The van der Waals surface area contributed by atoms with Crippen molar-refractivity contribution in [1.29, 1.82) is 0 Å². The lowest BCUT2D eigenvalue weighted by atomic mass is 10.1. The predicted molar refractivity (Wildman–Crippen MR) is 56.7 cm³/mol. The Bertz CT molecular complexity index is 315. The fraction of sp³-hybridized carbons (Fsp3) is 0.636. The zero-order chi connectivity index (χ0) is 10.6. The second-order valence-electron chi connectivity index (χ2n) is 3.36. The number of hydrogen-bond donors (Lipinski definition) is 0. The normalized spacial score (nSPS) is 10.5. The summed E-state index contributed by atoms with van der Waals surface area (Å²) in [6, 6.07) is 0. The lowest BCUT2D eigenvalue weighted by Crippen LogP contribution is -2.04. The van der Waals surface area contributed by atoms with Crippen molar-refractivity contribution in [3.05, 3.63) is 17.0 Å². The van der Waals surface area contributed by atoms with E-state index in [1.807, 2.05) is 11.6 Å². The number of rotatable bonds is 5.